The summed E-state index contributed by atoms with van der Waals surface area (Å²) in [5.41, 5.74) is 1.16. The molecule has 4 nitrogen and oxygen atoms in total. The van der Waals surface area contributed by atoms with E-state index in [1.54, 1.807) is 13.2 Å². The Morgan fingerprint density at radius 1 is 1.60 bits per heavy atom. The molecule has 80 valence electrons. The average molecular weight is 204 g/mol. The van der Waals surface area contributed by atoms with Crippen LogP contribution in [-0.4, -0.2) is 24.0 Å². The first-order chi connectivity index (χ1) is 7.38. The summed E-state index contributed by atoms with van der Waals surface area (Å²) in [7, 11) is 1.79. The Labute approximate surface area is 89.8 Å². The van der Waals surface area contributed by atoms with Gasteiger partial charge in [-0.2, -0.15) is 0 Å². The first-order valence-corrected chi connectivity index (χ1v) is 5.24. The smallest absolute Gasteiger partial charge is 0.191 e. The zero-order chi connectivity index (χ0) is 10.5. The Hall–Kier alpha value is -1.58. The van der Waals surface area contributed by atoms with Gasteiger partial charge in [0.25, 0.3) is 0 Å². The van der Waals surface area contributed by atoms with Gasteiger partial charge in [-0.25, -0.2) is 0 Å². The second-order valence-corrected chi connectivity index (χ2v) is 3.71. The second-order valence-electron chi connectivity index (χ2n) is 3.71. The number of rotatable bonds is 3. The van der Waals surface area contributed by atoms with Gasteiger partial charge < -0.3 is 10.6 Å². The summed E-state index contributed by atoms with van der Waals surface area (Å²) in [5.74, 6) is 0.876. The molecule has 0 aliphatic heterocycles. The maximum absolute atomic E-state index is 4.16. The van der Waals surface area contributed by atoms with Crippen LogP contribution in [0.5, 0.6) is 0 Å². The molecule has 1 fully saturated rings. The van der Waals surface area contributed by atoms with E-state index in [4.69, 9.17) is 0 Å². The topological polar surface area (TPSA) is 49.3 Å². The van der Waals surface area contributed by atoms with Gasteiger partial charge in [-0.3, -0.25) is 9.98 Å². The quantitative estimate of drug-likeness (QED) is 0.568. The molecule has 0 amide bonds. The molecular formula is C11H16N4. The predicted molar refractivity (Wildman–Crippen MR) is 60.6 cm³/mol. The monoisotopic (exact) mass is 204 g/mol. The van der Waals surface area contributed by atoms with E-state index in [1.165, 1.54) is 12.8 Å². The summed E-state index contributed by atoms with van der Waals surface area (Å²) in [6.45, 7) is 0.764. The lowest BCUT2D eigenvalue weighted by atomic mass is 10.3. The fraction of sp³-hybridized carbons (Fsp3) is 0.455. The minimum absolute atomic E-state index is 0.630. The Bertz CT molecular complexity index is 330. The molecule has 1 aromatic heterocycles. The van der Waals surface area contributed by atoms with Crippen molar-refractivity contribution in [3.05, 3.63) is 30.1 Å². The minimum atomic E-state index is 0.630. The molecule has 2 rings (SSSR count). The van der Waals surface area contributed by atoms with E-state index >= 15 is 0 Å². The van der Waals surface area contributed by atoms with Gasteiger partial charge >= 0.3 is 0 Å². The Morgan fingerprint density at radius 2 is 2.47 bits per heavy atom. The molecule has 0 atom stereocenters. The largest absolute Gasteiger partial charge is 0.354 e. The number of pyridine rings is 1. The van der Waals surface area contributed by atoms with E-state index in [9.17, 15) is 0 Å². The zero-order valence-electron chi connectivity index (χ0n) is 8.90. The van der Waals surface area contributed by atoms with Crippen LogP contribution in [0.15, 0.2) is 29.5 Å². The van der Waals surface area contributed by atoms with Crippen LogP contribution in [0.25, 0.3) is 0 Å². The van der Waals surface area contributed by atoms with Crippen molar-refractivity contribution in [1.82, 2.24) is 15.6 Å². The van der Waals surface area contributed by atoms with Gasteiger partial charge in [-0.05, 0) is 24.5 Å². The number of nitrogens with one attached hydrogen (secondary N) is 2. The molecule has 1 heterocycles. The lowest BCUT2D eigenvalue weighted by Gasteiger charge is -2.10. The summed E-state index contributed by atoms with van der Waals surface area (Å²) >= 11 is 0. The van der Waals surface area contributed by atoms with Gasteiger partial charge in [0.05, 0.1) is 0 Å². The first kappa shape index (κ1) is 9.96. The van der Waals surface area contributed by atoms with Gasteiger partial charge in [0.15, 0.2) is 5.96 Å². The molecule has 4 heteroatoms. The molecule has 2 N–H and O–H groups in total. The van der Waals surface area contributed by atoms with Crippen LogP contribution in [0.3, 0.4) is 0 Å². The highest BCUT2D eigenvalue weighted by molar-refractivity contribution is 5.80. The van der Waals surface area contributed by atoms with Gasteiger partial charge in [-0.15, -0.1) is 0 Å². The lowest BCUT2D eigenvalue weighted by Crippen LogP contribution is -2.38. The Kier molecular flexibility index (Phi) is 3.17. The fourth-order valence-corrected chi connectivity index (χ4v) is 1.30. The summed E-state index contributed by atoms with van der Waals surface area (Å²) in [5, 5.41) is 6.59. The van der Waals surface area contributed by atoms with E-state index < -0.39 is 0 Å². The van der Waals surface area contributed by atoms with Crippen LogP contribution >= 0.6 is 0 Å². The third-order valence-corrected chi connectivity index (χ3v) is 2.32. The van der Waals surface area contributed by atoms with Gasteiger partial charge in [0.2, 0.25) is 0 Å². The third kappa shape index (κ3) is 3.23. The number of aromatic nitrogens is 1. The molecule has 0 bridgehead atoms. The molecule has 0 aromatic carbocycles. The van der Waals surface area contributed by atoms with E-state index in [2.05, 4.69) is 20.6 Å². The summed E-state index contributed by atoms with van der Waals surface area (Å²) in [6, 6.07) is 4.61. The van der Waals surface area contributed by atoms with Crippen molar-refractivity contribution in [3.8, 4) is 0 Å². The minimum Gasteiger partial charge on any atom is -0.354 e. The zero-order valence-corrected chi connectivity index (χ0v) is 8.90. The highest BCUT2D eigenvalue weighted by atomic mass is 15.2. The van der Waals surface area contributed by atoms with Crippen molar-refractivity contribution in [1.29, 1.82) is 0 Å². The molecule has 0 radical (unpaired) electrons. The molecule has 1 aliphatic rings. The third-order valence-electron chi connectivity index (χ3n) is 2.32. The lowest BCUT2D eigenvalue weighted by molar-refractivity contribution is 0.803. The van der Waals surface area contributed by atoms with Crippen molar-refractivity contribution >= 4 is 5.96 Å². The number of hydrogen-bond acceptors (Lipinski definition) is 2. The van der Waals surface area contributed by atoms with Gasteiger partial charge in [0.1, 0.15) is 0 Å². The molecule has 0 saturated heterocycles. The van der Waals surface area contributed by atoms with E-state index in [1.807, 2.05) is 18.3 Å². The van der Waals surface area contributed by atoms with Crippen LogP contribution in [0.4, 0.5) is 0 Å². The van der Waals surface area contributed by atoms with Gasteiger partial charge in [-0.1, -0.05) is 6.07 Å². The van der Waals surface area contributed by atoms with Crippen molar-refractivity contribution in [3.63, 3.8) is 0 Å². The Balaban J connectivity index is 1.80. The summed E-state index contributed by atoms with van der Waals surface area (Å²) in [4.78, 5) is 8.22. The molecule has 1 saturated carbocycles. The van der Waals surface area contributed by atoms with E-state index in [0.717, 1.165) is 18.1 Å². The van der Waals surface area contributed by atoms with E-state index in [0.29, 0.717) is 6.04 Å². The van der Waals surface area contributed by atoms with Crippen molar-refractivity contribution in [2.24, 2.45) is 4.99 Å². The highest BCUT2D eigenvalue weighted by Gasteiger charge is 2.21. The van der Waals surface area contributed by atoms with Crippen LogP contribution in [0, 0.1) is 0 Å². The molecule has 1 aliphatic carbocycles. The summed E-state index contributed by atoms with van der Waals surface area (Å²) < 4.78 is 0. The van der Waals surface area contributed by atoms with Crippen LogP contribution < -0.4 is 10.6 Å². The van der Waals surface area contributed by atoms with Crippen LogP contribution in [0.1, 0.15) is 18.4 Å². The number of hydrogen-bond donors (Lipinski definition) is 2. The van der Waals surface area contributed by atoms with Crippen molar-refractivity contribution in [2.75, 3.05) is 7.05 Å². The molecule has 15 heavy (non-hydrogen) atoms. The predicted octanol–water partition coefficient (Wildman–Crippen LogP) is 0.909. The average Bonchev–Trinajstić information content (AvgIpc) is 3.09. The summed E-state index contributed by atoms with van der Waals surface area (Å²) in [6.07, 6.45) is 6.15. The number of guanidine groups is 1. The number of aliphatic imine (C=N–C) groups is 1. The molecule has 1 aromatic rings. The fourth-order valence-electron chi connectivity index (χ4n) is 1.30. The first-order valence-electron chi connectivity index (χ1n) is 5.24. The molecule has 0 unspecified atom stereocenters. The van der Waals surface area contributed by atoms with E-state index in [-0.39, 0.29) is 0 Å². The SMILES string of the molecule is CN=C(NCc1cccnc1)NC1CC1. The molecule has 0 spiro atoms. The van der Waals surface area contributed by atoms with Crippen molar-refractivity contribution < 1.29 is 0 Å². The van der Waals surface area contributed by atoms with Gasteiger partial charge in [0, 0.05) is 32.0 Å². The highest BCUT2D eigenvalue weighted by Crippen LogP contribution is 2.18. The Morgan fingerprint density at radius 3 is 3.07 bits per heavy atom. The number of nitrogens with zero attached hydrogens (tertiary/aromatic N) is 2. The maximum atomic E-state index is 4.16. The maximum Gasteiger partial charge on any atom is 0.191 e. The van der Waals surface area contributed by atoms with Crippen LogP contribution in [0.2, 0.25) is 0 Å². The standard InChI is InChI=1S/C11H16N4/c1-12-11(15-10-4-5-10)14-8-9-3-2-6-13-7-9/h2-3,6-7,10H,4-5,8H2,1H3,(H2,12,14,15). The second kappa shape index (κ2) is 4.77. The molecular weight excluding hydrogens is 188 g/mol. The normalized spacial score (nSPS) is 16.2. The van der Waals surface area contributed by atoms with Crippen molar-refractivity contribution in [2.45, 2.75) is 25.4 Å². The van der Waals surface area contributed by atoms with Crippen LogP contribution in [-0.2, 0) is 6.54 Å².